The van der Waals surface area contributed by atoms with Crippen molar-refractivity contribution in [2.75, 3.05) is 13.1 Å². The standard InChI is InChI=1S/C25H47N3O2/c1-3-4-5-6-7-8-9-10-11-12-13-14-15-16-17-18-22-27-25(30)24(20-19-21-26)28-23(2)29/h7-8,10-11,24H,3-6,9,12-22,26H2,1-2H3,(H,27,30)(H,28,29)/b8-7-,11-10-. The highest BCUT2D eigenvalue weighted by molar-refractivity contribution is 5.86. The Hall–Kier alpha value is -1.62. The summed E-state index contributed by atoms with van der Waals surface area (Å²) in [6, 6.07) is -0.462. The fraction of sp³-hybridized carbons (Fsp3) is 0.760. The predicted molar refractivity (Wildman–Crippen MR) is 128 cm³/mol. The maximum atomic E-state index is 12.2. The van der Waals surface area contributed by atoms with E-state index in [9.17, 15) is 9.59 Å². The van der Waals surface area contributed by atoms with E-state index in [0.29, 0.717) is 19.5 Å². The molecule has 0 aromatic carbocycles. The Morgan fingerprint density at radius 3 is 2.03 bits per heavy atom. The first-order chi connectivity index (χ1) is 14.6. The molecule has 5 heteroatoms. The van der Waals surface area contributed by atoms with Crippen LogP contribution >= 0.6 is 0 Å². The molecular weight excluding hydrogens is 374 g/mol. The molecule has 0 aromatic heterocycles. The summed E-state index contributed by atoms with van der Waals surface area (Å²) in [5.41, 5.74) is 5.50. The van der Waals surface area contributed by atoms with Gasteiger partial charge in [-0.3, -0.25) is 9.59 Å². The lowest BCUT2D eigenvalue weighted by Gasteiger charge is -2.17. The lowest BCUT2D eigenvalue weighted by atomic mass is 10.1. The van der Waals surface area contributed by atoms with E-state index in [1.165, 1.54) is 64.7 Å². The molecule has 1 atom stereocenters. The molecule has 0 bridgehead atoms. The maximum Gasteiger partial charge on any atom is 0.242 e. The summed E-state index contributed by atoms with van der Waals surface area (Å²) in [5, 5.41) is 5.64. The van der Waals surface area contributed by atoms with Gasteiger partial charge in [0, 0.05) is 13.5 Å². The van der Waals surface area contributed by atoms with Crippen LogP contribution < -0.4 is 16.4 Å². The molecule has 0 aliphatic rings. The van der Waals surface area contributed by atoms with E-state index in [2.05, 4.69) is 41.9 Å². The van der Waals surface area contributed by atoms with Crippen LogP contribution in [-0.4, -0.2) is 30.9 Å². The van der Waals surface area contributed by atoms with Crippen molar-refractivity contribution in [3.05, 3.63) is 24.3 Å². The van der Waals surface area contributed by atoms with E-state index in [0.717, 1.165) is 25.7 Å². The van der Waals surface area contributed by atoms with Gasteiger partial charge in [-0.05, 0) is 57.9 Å². The van der Waals surface area contributed by atoms with Crippen molar-refractivity contribution in [3.63, 3.8) is 0 Å². The van der Waals surface area contributed by atoms with Crippen molar-refractivity contribution in [1.82, 2.24) is 10.6 Å². The van der Waals surface area contributed by atoms with E-state index in [1.54, 1.807) is 0 Å². The van der Waals surface area contributed by atoms with Crippen molar-refractivity contribution in [2.24, 2.45) is 5.73 Å². The van der Waals surface area contributed by atoms with Crippen molar-refractivity contribution in [1.29, 1.82) is 0 Å². The van der Waals surface area contributed by atoms with Crippen molar-refractivity contribution < 1.29 is 9.59 Å². The van der Waals surface area contributed by atoms with Gasteiger partial charge in [-0.15, -0.1) is 0 Å². The number of nitrogens with one attached hydrogen (secondary N) is 2. The number of hydrogen-bond acceptors (Lipinski definition) is 3. The number of unbranched alkanes of at least 4 members (excludes halogenated alkanes) is 9. The van der Waals surface area contributed by atoms with Gasteiger partial charge in [0.2, 0.25) is 11.8 Å². The largest absolute Gasteiger partial charge is 0.354 e. The van der Waals surface area contributed by atoms with Gasteiger partial charge in [0.1, 0.15) is 6.04 Å². The molecule has 1 unspecified atom stereocenters. The Morgan fingerprint density at radius 2 is 1.43 bits per heavy atom. The fourth-order valence-electron chi connectivity index (χ4n) is 3.28. The van der Waals surface area contributed by atoms with Crippen LogP contribution in [0.1, 0.15) is 104 Å². The van der Waals surface area contributed by atoms with Crippen molar-refractivity contribution in [3.8, 4) is 0 Å². The van der Waals surface area contributed by atoms with Gasteiger partial charge >= 0.3 is 0 Å². The smallest absolute Gasteiger partial charge is 0.242 e. The third-order valence-corrected chi connectivity index (χ3v) is 5.07. The molecule has 30 heavy (non-hydrogen) atoms. The third kappa shape index (κ3) is 19.7. The summed E-state index contributed by atoms with van der Waals surface area (Å²) in [6.07, 6.45) is 25.0. The number of hydrogen-bond donors (Lipinski definition) is 3. The van der Waals surface area contributed by atoms with Crippen LogP contribution in [0.2, 0.25) is 0 Å². The quantitative estimate of drug-likeness (QED) is 0.187. The second-order valence-electron chi connectivity index (χ2n) is 8.06. The molecule has 0 aliphatic heterocycles. The third-order valence-electron chi connectivity index (χ3n) is 5.07. The number of rotatable bonds is 20. The second kappa shape index (κ2) is 22.1. The Labute approximate surface area is 185 Å². The highest BCUT2D eigenvalue weighted by atomic mass is 16.2. The van der Waals surface area contributed by atoms with Crippen LogP contribution in [0.4, 0.5) is 0 Å². The van der Waals surface area contributed by atoms with Crippen LogP contribution in [0.5, 0.6) is 0 Å². The Kier molecular flexibility index (Phi) is 20.9. The topological polar surface area (TPSA) is 84.2 Å². The number of allylic oxidation sites excluding steroid dienone is 4. The normalized spacial score (nSPS) is 12.5. The number of amides is 2. The summed E-state index contributed by atoms with van der Waals surface area (Å²) < 4.78 is 0. The van der Waals surface area contributed by atoms with Gasteiger partial charge in [0.05, 0.1) is 0 Å². The van der Waals surface area contributed by atoms with Crippen LogP contribution in [0.25, 0.3) is 0 Å². The zero-order valence-electron chi connectivity index (χ0n) is 19.6. The molecule has 0 fully saturated rings. The van der Waals surface area contributed by atoms with Crippen LogP contribution in [0.15, 0.2) is 24.3 Å². The average Bonchev–Trinajstić information content (AvgIpc) is 2.72. The minimum absolute atomic E-state index is 0.0961. The maximum absolute atomic E-state index is 12.2. The summed E-state index contributed by atoms with van der Waals surface area (Å²) >= 11 is 0. The summed E-state index contributed by atoms with van der Waals surface area (Å²) in [7, 11) is 0. The molecule has 0 radical (unpaired) electrons. The monoisotopic (exact) mass is 421 g/mol. The first kappa shape index (κ1) is 28.4. The molecule has 0 aromatic rings. The lowest BCUT2D eigenvalue weighted by Crippen LogP contribution is -2.46. The molecule has 5 nitrogen and oxygen atoms in total. The lowest BCUT2D eigenvalue weighted by molar-refractivity contribution is -0.128. The molecule has 0 rings (SSSR count). The first-order valence-corrected chi connectivity index (χ1v) is 12.2. The number of nitrogens with two attached hydrogens (primary N) is 1. The van der Waals surface area contributed by atoms with Gasteiger partial charge in [-0.2, -0.15) is 0 Å². The predicted octanol–water partition coefficient (Wildman–Crippen LogP) is 5.16. The van der Waals surface area contributed by atoms with E-state index in [1.807, 2.05) is 0 Å². The first-order valence-electron chi connectivity index (χ1n) is 12.2. The van der Waals surface area contributed by atoms with Gasteiger partial charge in [0.25, 0.3) is 0 Å². The van der Waals surface area contributed by atoms with Gasteiger partial charge in [0.15, 0.2) is 0 Å². The van der Waals surface area contributed by atoms with E-state index in [-0.39, 0.29) is 11.8 Å². The number of carbonyl (C=O) groups excluding carboxylic acids is 2. The Bertz CT molecular complexity index is 475. The summed E-state index contributed by atoms with van der Waals surface area (Å²) in [5.74, 6) is -0.276. The summed E-state index contributed by atoms with van der Waals surface area (Å²) in [6.45, 7) is 4.87. The van der Waals surface area contributed by atoms with E-state index in [4.69, 9.17) is 5.73 Å². The van der Waals surface area contributed by atoms with Gasteiger partial charge in [-0.1, -0.05) is 69.8 Å². The zero-order chi connectivity index (χ0) is 22.3. The number of carbonyl (C=O) groups is 2. The molecule has 0 saturated heterocycles. The Morgan fingerprint density at radius 1 is 0.833 bits per heavy atom. The SMILES string of the molecule is CCCCC/C=C\C/C=C\CCCCCCCCNC(=O)C(CCCN)NC(C)=O. The fourth-order valence-corrected chi connectivity index (χ4v) is 3.28. The second-order valence-corrected chi connectivity index (χ2v) is 8.06. The minimum atomic E-state index is -0.462. The molecule has 0 saturated carbocycles. The molecule has 0 spiro atoms. The van der Waals surface area contributed by atoms with Crippen molar-refractivity contribution >= 4 is 11.8 Å². The van der Waals surface area contributed by atoms with Gasteiger partial charge < -0.3 is 16.4 Å². The van der Waals surface area contributed by atoms with Crippen molar-refractivity contribution in [2.45, 2.75) is 110 Å². The average molecular weight is 422 g/mol. The molecule has 174 valence electrons. The van der Waals surface area contributed by atoms with Crippen LogP contribution in [0, 0.1) is 0 Å². The van der Waals surface area contributed by atoms with E-state index < -0.39 is 6.04 Å². The van der Waals surface area contributed by atoms with Gasteiger partial charge in [-0.25, -0.2) is 0 Å². The van der Waals surface area contributed by atoms with Crippen LogP contribution in [-0.2, 0) is 9.59 Å². The molecule has 0 heterocycles. The molecule has 0 aliphatic carbocycles. The van der Waals surface area contributed by atoms with E-state index >= 15 is 0 Å². The highest BCUT2D eigenvalue weighted by Gasteiger charge is 2.17. The Balaban J connectivity index is 3.55. The minimum Gasteiger partial charge on any atom is -0.354 e. The molecule has 2 amide bonds. The van der Waals surface area contributed by atoms with Crippen LogP contribution in [0.3, 0.4) is 0 Å². The molecule has 4 N–H and O–H groups in total. The summed E-state index contributed by atoms with van der Waals surface area (Å²) in [4.78, 5) is 23.4. The highest BCUT2D eigenvalue weighted by Crippen LogP contribution is 2.08. The molecular formula is C25H47N3O2. The zero-order valence-corrected chi connectivity index (χ0v) is 19.6.